The molecular weight excluding hydrogens is 404 g/mol. The topological polar surface area (TPSA) is 121 Å². The van der Waals surface area contributed by atoms with Gasteiger partial charge in [0, 0.05) is 57.7 Å². The van der Waals surface area contributed by atoms with Crippen molar-refractivity contribution in [1.82, 2.24) is 14.5 Å². The van der Waals surface area contributed by atoms with E-state index >= 15 is 0 Å². The fraction of sp³-hybridized carbons (Fsp3) is 0.348. The lowest BCUT2D eigenvalue weighted by Gasteiger charge is -2.35. The van der Waals surface area contributed by atoms with Gasteiger partial charge in [-0.15, -0.1) is 0 Å². The van der Waals surface area contributed by atoms with Crippen molar-refractivity contribution in [2.24, 2.45) is 7.05 Å². The average molecular weight is 437 g/mol. The summed E-state index contributed by atoms with van der Waals surface area (Å²) in [6.45, 7) is 5.66. The minimum atomic E-state index is 0. The first-order valence-corrected chi connectivity index (χ1v) is 10.7. The monoisotopic (exact) mass is 436 g/mol. The highest BCUT2D eigenvalue weighted by Crippen LogP contribution is 2.27. The first kappa shape index (κ1) is 21.6. The summed E-state index contributed by atoms with van der Waals surface area (Å²) in [7, 11) is 3.62. The van der Waals surface area contributed by atoms with E-state index in [1.54, 1.807) is 22.5 Å². The van der Waals surface area contributed by atoms with Crippen molar-refractivity contribution >= 4 is 17.2 Å². The SMILES string of the molecule is CNn1cc(-c2ccc(N)c(C(=N)c3cc(N4CC(C)O[C@H](C)C4)nn3C)c2)ccc1=N.[HH]. The minimum absolute atomic E-state index is 0. The van der Waals surface area contributed by atoms with Crippen LogP contribution in [0.15, 0.2) is 42.6 Å². The molecule has 1 saturated heterocycles. The maximum Gasteiger partial charge on any atom is 0.151 e. The van der Waals surface area contributed by atoms with E-state index in [-0.39, 0.29) is 13.6 Å². The summed E-state index contributed by atoms with van der Waals surface area (Å²) >= 11 is 0. The van der Waals surface area contributed by atoms with Crippen LogP contribution in [0.2, 0.25) is 0 Å². The lowest BCUT2D eigenvalue weighted by molar-refractivity contribution is -0.00548. The molecule has 0 bridgehead atoms. The van der Waals surface area contributed by atoms with Crippen LogP contribution < -0.4 is 21.5 Å². The highest BCUT2D eigenvalue weighted by Gasteiger charge is 2.25. The number of nitrogens with two attached hydrogens (primary N) is 1. The number of pyridine rings is 1. The Kier molecular flexibility index (Phi) is 5.75. The van der Waals surface area contributed by atoms with Crippen LogP contribution in [-0.4, -0.2) is 52.5 Å². The third-order valence-corrected chi connectivity index (χ3v) is 5.71. The maximum absolute atomic E-state index is 8.90. The molecule has 32 heavy (non-hydrogen) atoms. The first-order valence-electron chi connectivity index (χ1n) is 10.7. The third kappa shape index (κ3) is 4.11. The number of benzene rings is 1. The molecule has 3 heterocycles. The molecule has 1 aromatic carbocycles. The van der Waals surface area contributed by atoms with Crippen molar-refractivity contribution in [3.63, 3.8) is 0 Å². The molecule has 0 spiro atoms. The molecule has 0 saturated carbocycles. The Bertz CT molecular complexity index is 1210. The molecule has 0 aliphatic carbocycles. The first-order chi connectivity index (χ1) is 15.3. The number of nitrogen functional groups attached to an aromatic ring is 1. The van der Waals surface area contributed by atoms with Crippen LogP contribution in [0.25, 0.3) is 11.1 Å². The Balaban J connectivity index is 0.00000306. The smallest absolute Gasteiger partial charge is 0.151 e. The molecule has 4 rings (SSSR count). The fourth-order valence-corrected chi connectivity index (χ4v) is 4.15. The highest BCUT2D eigenvalue weighted by molar-refractivity contribution is 6.13. The molecule has 2 atom stereocenters. The second kappa shape index (κ2) is 8.51. The summed E-state index contributed by atoms with van der Waals surface area (Å²) in [6.07, 6.45) is 2.11. The van der Waals surface area contributed by atoms with Crippen LogP contribution in [0.4, 0.5) is 11.5 Å². The molecule has 9 nitrogen and oxygen atoms in total. The molecule has 5 N–H and O–H groups in total. The Morgan fingerprint density at radius 2 is 1.84 bits per heavy atom. The number of aromatic nitrogens is 3. The molecule has 2 aromatic heterocycles. The van der Waals surface area contributed by atoms with Crippen LogP contribution in [0.5, 0.6) is 0 Å². The van der Waals surface area contributed by atoms with E-state index in [1.165, 1.54) is 0 Å². The van der Waals surface area contributed by atoms with Gasteiger partial charge < -0.3 is 20.8 Å². The molecule has 1 unspecified atom stereocenters. The van der Waals surface area contributed by atoms with E-state index in [1.807, 2.05) is 43.6 Å². The Morgan fingerprint density at radius 3 is 2.53 bits per heavy atom. The second-order valence-electron chi connectivity index (χ2n) is 8.25. The minimum Gasteiger partial charge on any atom is -0.398 e. The zero-order valence-corrected chi connectivity index (χ0v) is 18.9. The van der Waals surface area contributed by atoms with Crippen molar-refractivity contribution in [2.75, 3.05) is 36.2 Å². The second-order valence-corrected chi connectivity index (χ2v) is 8.25. The zero-order chi connectivity index (χ0) is 23.0. The summed E-state index contributed by atoms with van der Waals surface area (Å²) < 4.78 is 9.20. The molecule has 1 aliphatic rings. The van der Waals surface area contributed by atoms with Gasteiger partial charge in [-0.3, -0.25) is 15.5 Å². The van der Waals surface area contributed by atoms with E-state index < -0.39 is 0 Å². The van der Waals surface area contributed by atoms with E-state index in [0.29, 0.717) is 28.1 Å². The van der Waals surface area contributed by atoms with Gasteiger partial charge >= 0.3 is 0 Å². The van der Waals surface area contributed by atoms with E-state index in [2.05, 4.69) is 29.3 Å². The van der Waals surface area contributed by atoms with E-state index in [4.69, 9.17) is 21.3 Å². The molecule has 170 valence electrons. The van der Waals surface area contributed by atoms with Crippen molar-refractivity contribution in [2.45, 2.75) is 26.1 Å². The number of morpholine rings is 1. The molecule has 3 aromatic rings. The normalized spacial score (nSPS) is 18.6. The van der Waals surface area contributed by atoms with Gasteiger partial charge in [0.05, 0.1) is 23.6 Å². The zero-order valence-electron chi connectivity index (χ0n) is 18.9. The molecule has 0 radical (unpaired) electrons. The quantitative estimate of drug-likeness (QED) is 0.361. The molecular formula is C23H32N8O. The van der Waals surface area contributed by atoms with Crippen LogP contribution in [0.3, 0.4) is 0 Å². The third-order valence-electron chi connectivity index (χ3n) is 5.71. The Morgan fingerprint density at radius 1 is 1.16 bits per heavy atom. The van der Waals surface area contributed by atoms with Crippen molar-refractivity contribution in [1.29, 1.82) is 10.8 Å². The lowest BCUT2D eigenvalue weighted by Crippen LogP contribution is -2.45. The largest absolute Gasteiger partial charge is 0.398 e. The number of ether oxygens (including phenoxy) is 1. The summed E-state index contributed by atoms with van der Waals surface area (Å²) in [5, 5.41) is 21.5. The summed E-state index contributed by atoms with van der Waals surface area (Å²) in [5.74, 6) is 0.838. The molecule has 0 amide bonds. The summed E-state index contributed by atoms with van der Waals surface area (Å²) in [5.41, 5.74) is 13.6. The Hall–Kier alpha value is -3.59. The van der Waals surface area contributed by atoms with Gasteiger partial charge in [0.1, 0.15) is 5.49 Å². The van der Waals surface area contributed by atoms with Gasteiger partial charge in [-0.05, 0) is 43.7 Å². The predicted molar refractivity (Wildman–Crippen MR) is 129 cm³/mol. The standard InChI is InChI=1S/C23H30N8O.H2/c1-14-11-30(12-15(2)32-14)22-10-20(29(4)28-22)23(26)18-9-16(5-7-19(18)24)17-6-8-21(25)31(13-17)27-3;/h5-10,13-15,25-27H,11-12,24H2,1-4H3;1H/t14-,15?;/m1./s1. The van der Waals surface area contributed by atoms with Gasteiger partial charge in [-0.1, -0.05) is 6.07 Å². The highest BCUT2D eigenvalue weighted by atomic mass is 16.5. The van der Waals surface area contributed by atoms with Gasteiger partial charge in [0.2, 0.25) is 0 Å². The van der Waals surface area contributed by atoms with Crippen molar-refractivity contribution in [3.8, 4) is 11.1 Å². The van der Waals surface area contributed by atoms with E-state index in [9.17, 15) is 0 Å². The number of hydrogen-bond acceptors (Lipinski definition) is 7. The number of hydrogen-bond donors (Lipinski definition) is 4. The van der Waals surface area contributed by atoms with Crippen LogP contribution in [-0.2, 0) is 11.8 Å². The van der Waals surface area contributed by atoms with Gasteiger partial charge in [0.15, 0.2) is 5.82 Å². The summed E-state index contributed by atoms with van der Waals surface area (Å²) in [4.78, 5) is 2.20. The number of aryl methyl sites for hydroxylation is 1. The van der Waals surface area contributed by atoms with Crippen LogP contribution in [0.1, 0.15) is 26.5 Å². The van der Waals surface area contributed by atoms with Crippen molar-refractivity contribution in [3.05, 3.63) is 59.3 Å². The summed E-state index contributed by atoms with van der Waals surface area (Å²) in [6, 6.07) is 11.2. The number of nitrogens with zero attached hydrogens (tertiary/aromatic N) is 4. The molecule has 1 fully saturated rings. The van der Waals surface area contributed by atoms with Crippen LogP contribution >= 0.6 is 0 Å². The van der Waals surface area contributed by atoms with Gasteiger partial charge in [0.25, 0.3) is 0 Å². The van der Waals surface area contributed by atoms with Gasteiger partial charge in [-0.25, -0.2) is 4.68 Å². The fourth-order valence-electron chi connectivity index (χ4n) is 4.15. The number of nitrogens with one attached hydrogen (secondary N) is 3. The molecule has 1 aliphatic heterocycles. The maximum atomic E-state index is 8.90. The number of rotatable bonds is 5. The van der Waals surface area contributed by atoms with Gasteiger partial charge in [-0.2, -0.15) is 5.10 Å². The molecule has 9 heteroatoms. The lowest BCUT2D eigenvalue weighted by atomic mass is 9.99. The number of anilines is 2. The average Bonchev–Trinajstić information content (AvgIpc) is 3.15. The van der Waals surface area contributed by atoms with Crippen LogP contribution in [0, 0.1) is 10.8 Å². The van der Waals surface area contributed by atoms with Crippen molar-refractivity contribution < 1.29 is 6.16 Å². The van der Waals surface area contributed by atoms with E-state index in [0.717, 1.165) is 30.0 Å². The predicted octanol–water partition coefficient (Wildman–Crippen LogP) is 2.40. The Labute approximate surface area is 188 Å².